The van der Waals surface area contributed by atoms with Crippen molar-refractivity contribution >= 4 is 11.7 Å². The molecule has 0 saturated carbocycles. The van der Waals surface area contributed by atoms with Crippen molar-refractivity contribution in [1.82, 2.24) is 14.9 Å². The van der Waals surface area contributed by atoms with Gasteiger partial charge in [-0.25, -0.2) is 9.97 Å². The quantitative estimate of drug-likeness (QED) is 0.920. The number of anilines is 1. The largest absolute Gasteiger partial charge is 0.365 e. The minimum Gasteiger partial charge on any atom is -0.365 e. The second kappa shape index (κ2) is 7.22. The summed E-state index contributed by atoms with van der Waals surface area (Å²) in [4.78, 5) is 22.8. The van der Waals surface area contributed by atoms with Crippen LogP contribution in [0.25, 0.3) is 0 Å². The molecular formula is C18H24N4O. The number of hydrogen-bond acceptors (Lipinski definition) is 4. The van der Waals surface area contributed by atoms with Crippen LogP contribution in [0.2, 0.25) is 0 Å². The van der Waals surface area contributed by atoms with E-state index in [1.165, 1.54) is 6.33 Å². The van der Waals surface area contributed by atoms with Crippen molar-refractivity contribution in [3.63, 3.8) is 0 Å². The van der Waals surface area contributed by atoms with Gasteiger partial charge >= 0.3 is 0 Å². The molecule has 2 aromatic rings. The van der Waals surface area contributed by atoms with Crippen LogP contribution in [-0.4, -0.2) is 32.9 Å². The summed E-state index contributed by atoms with van der Waals surface area (Å²) in [5, 5.41) is 3.26. The van der Waals surface area contributed by atoms with E-state index in [2.05, 4.69) is 15.3 Å². The third-order valence-corrected chi connectivity index (χ3v) is 3.27. The molecule has 5 heteroatoms. The maximum atomic E-state index is 12.7. The summed E-state index contributed by atoms with van der Waals surface area (Å²) in [6, 6.07) is 11.7. The van der Waals surface area contributed by atoms with Gasteiger partial charge in [0.05, 0.1) is 0 Å². The topological polar surface area (TPSA) is 58.1 Å². The molecule has 1 amide bonds. The first-order valence-corrected chi connectivity index (χ1v) is 7.82. The Hall–Kier alpha value is -2.43. The van der Waals surface area contributed by atoms with E-state index in [-0.39, 0.29) is 11.4 Å². The first kappa shape index (κ1) is 16.9. The summed E-state index contributed by atoms with van der Waals surface area (Å²) in [6.07, 6.45) is 1.43. The van der Waals surface area contributed by atoms with Crippen molar-refractivity contribution in [3.8, 4) is 0 Å². The van der Waals surface area contributed by atoms with Crippen LogP contribution in [0.3, 0.4) is 0 Å². The van der Waals surface area contributed by atoms with Crippen molar-refractivity contribution in [2.24, 2.45) is 0 Å². The summed E-state index contributed by atoms with van der Waals surface area (Å²) >= 11 is 0. The second-order valence-electron chi connectivity index (χ2n) is 6.47. The Labute approximate surface area is 137 Å². The molecule has 1 aromatic carbocycles. The molecule has 2 rings (SSSR count). The second-order valence-corrected chi connectivity index (χ2v) is 6.47. The molecule has 0 aliphatic rings. The SMILES string of the molecule is CCN(Cc1ccccc1)C(=O)c1cc(NC(C)(C)C)ncn1. The van der Waals surface area contributed by atoms with Crippen molar-refractivity contribution < 1.29 is 4.79 Å². The minimum atomic E-state index is -0.122. The fourth-order valence-electron chi connectivity index (χ4n) is 2.22. The molecule has 0 atom stereocenters. The maximum Gasteiger partial charge on any atom is 0.272 e. The van der Waals surface area contributed by atoms with Crippen LogP contribution in [0, 0.1) is 0 Å². The Morgan fingerprint density at radius 3 is 2.48 bits per heavy atom. The van der Waals surface area contributed by atoms with E-state index in [1.807, 2.05) is 58.0 Å². The summed E-state index contributed by atoms with van der Waals surface area (Å²) in [5.41, 5.74) is 1.39. The predicted octanol–water partition coefficient (Wildman–Crippen LogP) is 3.35. The van der Waals surface area contributed by atoms with E-state index in [1.54, 1.807) is 11.0 Å². The van der Waals surface area contributed by atoms with E-state index in [4.69, 9.17) is 0 Å². The highest BCUT2D eigenvalue weighted by Crippen LogP contribution is 2.14. The fraction of sp³-hybridized carbons (Fsp3) is 0.389. The number of nitrogens with one attached hydrogen (secondary N) is 1. The molecule has 0 aliphatic carbocycles. The van der Waals surface area contributed by atoms with Gasteiger partial charge in [0.2, 0.25) is 0 Å². The number of hydrogen-bond donors (Lipinski definition) is 1. The Balaban J connectivity index is 2.16. The molecule has 0 saturated heterocycles. The molecular weight excluding hydrogens is 288 g/mol. The zero-order valence-electron chi connectivity index (χ0n) is 14.2. The lowest BCUT2D eigenvalue weighted by Gasteiger charge is -2.23. The van der Waals surface area contributed by atoms with Crippen LogP contribution in [0.1, 0.15) is 43.7 Å². The Bertz CT molecular complexity index is 650. The van der Waals surface area contributed by atoms with Gasteiger partial charge in [-0.3, -0.25) is 4.79 Å². The average molecular weight is 312 g/mol. The van der Waals surface area contributed by atoms with Gasteiger partial charge in [0.1, 0.15) is 17.8 Å². The van der Waals surface area contributed by atoms with Gasteiger partial charge in [-0.15, -0.1) is 0 Å². The summed E-state index contributed by atoms with van der Waals surface area (Å²) in [5.74, 6) is 0.572. The highest BCUT2D eigenvalue weighted by molar-refractivity contribution is 5.92. The number of rotatable bonds is 5. The first-order chi connectivity index (χ1) is 10.9. The lowest BCUT2D eigenvalue weighted by atomic mass is 10.1. The maximum absolute atomic E-state index is 12.7. The molecule has 0 bridgehead atoms. The third-order valence-electron chi connectivity index (χ3n) is 3.27. The summed E-state index contributed by atoms with van der Waals surface area (Å²) in [6.45, 7) is 9.30. The van der Waals surface area contributed by atoms with Gasteiger partial charge in [-0.2, -0.15) is 0 Å². The molecule has 0 radical (unpaired) electrons. The van der Waals surface area contributed by atoms with Gasteiger partial charge in [-0.1, -0.05) is 30.3 Å². The number of nitrogens with zero attached hydrogens (tertiary/aromatic N) is 3. The zero-order valence-corrected chi connectivity index (χ0v) is 14.2. The lowest BCUT2D eigenvalue weighted by molar-refractivity contribution is 0.0746. The molecule has 0 aliphatic heterocycles. The normalized spacial score (nSPS) is 11.1. The third kappa shape index (κ3) is 5.06. The fourth-order valence-corrected chi connectivity index (χ4v) is 2.22. The smallest absolute Gasteiger partial charge is 0.272 e. The predicted molar refractivity (Wildman–Crippen MR) is 92.3 cm³/mol. The summed E-state index contributed by atoms with van der Waals surface area (Å²) in [7, 11) is 0. The minimum absolute atomic E-state index is 0.0873. The molecule has 0 spiro atoms. The van der Waals surface area contributed by atoms with Crippen molar-refractivity contribution in [2.75, 3.05) is 11.9 Å². The Morgan fingerprint density at radius 1 is 1.17 bits per heavy atom. The van der Waals surface area contributed by atoms with Crippen LogP contribution < -0.4 is 5.32 Å². The lowest BCUT2D eigenvalue weighted by Crippen LogP contribution is -2.31. The van der Waals surface area contributed by atoms with Gasteiger partial charge in [0.15, 0.2) is 0 Å². The summed E-state index contributed by atoms with van der Waals surface area (Å²) < 4.78 is 0. The Morgan fingerprint density at radius 2 is 1.87 bits per heavy atom. The zero-order chi connectivity index (χ0) is 16.9. The van der Waals surface area contributed by atoms with Crippen molar-refractivity contribution in [1.29, 1.82) is 0 Å². The molecule has 0 fully saturated rings. The van der Waals surface area contributed by atoms with E-state index in [0.717, 1.165) is 5.56 Å². The Kier molecular flexibility index (Phi) is 5.32. The van der Waals surface area contributed by atoms with Crippen molar-refractivity contribution in [3.05, 3.63) is 54.0 Å². The van der Waals surface area contributed by atoms with E-state index < -0.39 is 0 Å². The molecule has 5 nitrogen and oxygen atoms in total. The van der Waals surface area contributed by atoms with Gasteiger partial charge in [0, 0.05) is 24.7 Å². The molecule has 122 valence electrons. The number of carbonyl (C=O) groups is 1. The molecule has 1 aromatic heterocycles. The van der Waals surface area contributed by atoms with E-state index in [0.29, 0.717) is 24.6 Å². The number of amides is 1. The van der Waals surface area contributed by atoms with Crippen LogP contribution in [-0.2, 0) is 6.54 Å². The molecule has 1 N–H and O–H groups in total. The highest BCUT2D eigenvalue weighted by atomic mass is 16.2. The molecule has 0 unspecified atom stereocenters. The average Bonchev–Trinajstić information content (AvgIpc) is 2.51. The standard InChI is InChI=1S/C18H24N4O/c1-5-22(12-14-9-7-6-8-10-14)17(23)15-11-16(20-13-19-15)21-18(2,3)4/h6-11,13H,5,12H2,1-4H3,(H,19,20,21). The monoisotopic (exact) mass is 312 g/mol. The molecule has 1 heterocycles. The van der Waals surface area contributed by atoms with E-state index >= 15 is 0 Å². The number of aromatic nitrogens is 2. The highest BCUT2D eigenvalue weighted by Gasteiger charge is 2.18. The first-order valence-electron chi connectivity index (χ1n) is 7.82. The van der Waals surface area contributed by atoms with Crippen molar-refractivity contribution in [2.45, 2.75) is 39.8 Å². The van der Waals surface area contributed by atoms with Gasteiger partial charge < -0.3 is 10.2 Å². The molecule has 23 heavy (non-hydrogen) atoms. The van der Waals surface area contributed by atoms with Gasteiger partial charge in [-0.05, 0) is 33.3 Å². The van der Waals surface area contributed by atoms with E-state index in [9.17, 15) is 4.79 Å². The number of carbonyl (C=O) groups excluding carboxylic acids is 1. The van der Waals surface area contributed by atoms with Crippen LogP contribution in [0.4, 0.5) is 5.82 Å². The van der Waals surface area contributed by atoms with Crippen LogP contribution >= 0.6 is 0 Å². The number of benzene rings is 1. The van der Waals surface area contributed by atoms with Gasteiger partial charge in [0.25, 0.3) is 5.91 Å². The van der Waals surface area contributed by atoms with Crippen LogP contribution in [0.5, 0.6) is 0 Å². The van der Waals surface area contributed by atoms with Crippen LogP contribution in [0.15, 0.2) is 42.7 Å².